The molecule has 3 rings (SSSR count). The van der Waals surface area contributed by atoms with Crippen LogP contribution >= 0.6 is 0 Å². The third-order valence-electron chi connectivity index (χ3n) is 5.08. The van der Waals surface area contributed by atoms with E-state index in [4.69, 9.17) is 0 Å². The summed E-state index contributed by atoms with van der Waals surface area (Å²) in [5, 5.41) is 3.29. The van der Waals surface area contributed by atoms with Gasteiger partial charge in [0.05, 0.1) is 6.04 Å². The molecule has 1 aliphatic heterocycles. The molecule has 1 amide bonds. The van der Waals surface area contributed by atoms with Crippen LogP contribution in [0.3, 0.4) is 0 Å². The van der Waals surface area contributed by atoms with Gasteiger partial charge < -0.3 is 10.2 Å². The number of carbonyl (C=O) groups excluding carboxylic acids is 1. The van der Waals surface area contributed by atoms with Crippen molar-refractivity contribution in [2.75, 3.05) is 19.6 Å². The second-order valence-corrected chi connectivity index (χ2v) is 6.25. The SMILES string of the molecule is CC1NCCCN(CC2CC3CCC2C3)C1=O. The first-order chi connectivity index (χ1) is 8.24. The highest BCUT2D eigenvalue weighted by Gasteiger charge is 2.40. The average Bonchev–Trinajstić information content (AvgIpc) is 2.89. The summed E-state index contributed by atoms with van der Waals surface area (Å²) in [4.78, 5) is 14.3. The topological polar surface area (TPSA) is 32.3 Å². The lowest BCUT2D eigenvalue weighted by Crippen LogP contribution is -2.44. The molecule has 1 N–H and O–H groups in total. The van der Waals surface area contributed by atoms with E-state index in [-0.39, 0.29) is 6.04 Å². The third kappa shape index (κ3) is 2.22. The molecule has 0 spiro atoms. The smallest absolute Gasteiger partial charge is 0.239 e. The van der Waals surface area contributed by atoms with Crippen LogP contribution in [-0.4, -0.2) is 36.5 Å². The van der Waals surface area contributed by atoms with Gasteiger partial charge in [-0.15, -0.1) is 0 Å². The number of hydrogen-bond acceptors (Lipinski definition) is 2. The van der Waals surface area contributed by atoms with Crippen molar-refractivity contribution in [1.29, 1.82) is 0 Å². The quantitative estimate of drug-likeness (QED) is 0.790. The number of hydrogen-bond donors (Lipinski definition) is 1. The predicted octanol–water partition coefficient (Wildman–Crippen LogP) is 1.63. The zero-order chi connectivity index (χ0) is 11.8. The molecule has 3 fully saturated rings. The van der Waals surface area contributed by atoms with Gasteiger partial charge in [-0.05, 0) is 56.9 Å². The number of amides is 1. The molecule has 0 aromatic carbocycles. The van der Waals surface area contributed by atoms with Crippen LogP contribution in [0.2, 0.25) is 0 Å². The maximum absolute atomic E-state index is 12.2. The van der Waals surface area contributed by atoms with Gasteiger partial charge in [-0.25, -0.2) is 0 Å². The number of fused-ring (bicyclic) bond motifs is 2. The summed E-state index contributed by atoms with van der Waals surface area (Å²) in [6, 6.07) is 0.0242. The minimum atomic E-state index is 0.0242. The summed E-state index contributed by atoms with van der Waals surface area (Å²) in [7, 11) is 0. The number of nitrogens with zero attached hydrogens (tertiary/aromatic N) is 1. The van der Waals surface area contributed by atoms with Crippen LogP contribution in [0.15, 0.2) is 0 Å². The van der Waals surface area contributed by atoms with E-state index in [2.05, 4.69) is 10.2 Å². The van der Waals surface area contributed by atoms with Crippen molar-refractivity contribution in [2.45, 2.75) is 45.1 Å². The third-order valence-corrected chi connectivity index (χ3v) is 5.08. The molecule has 3 aliphatic rings. The van der Waals surface area contributed by atoms with Gasteiger partial charge in [-0.1, -0.05) is 6.42 Å². The molecule has 3 nitrogen and oxygen atoms in total. The van der Waals surface area contributed by atoms with Crippen LogP contribution in [0.5, 0.6) is 0 Å². The zero-order valence-electron chi connectivity index (χ0n) is 10.8. The highest BCUT2D eigenvalue weighted by atomic mass is 16.2. The normalized spacial score (nSPS) is 41.9. The number of rotatable bonds is 2. The Hall–Kier alpha value is -0.570. The Bertz CT molecular complexity index is 305. The minimum absolute atomic E-state index is 0.0242. The van der Waals surface area contributed by atoms with Gasteiger partial charge in [-0.2, -0.15) is 0 Å². The fourth-order valence-corrected chi connectivity index (χ4v) is 4.12. The van der Waals surface area contributed by atoms with E-state index < -0.39 is 0 Å². The summed E-state index contributed by atoms with van der Waals surface area (Å²) in [5.41, 5.74) is 0. The molecular weight excluding hydrogens is 212 g/mol. The predicted molar refractivity (Wildman–Crippen MR) is 67.6 cm³/mol. The summed E-state index contributed by atoms with van der Waals surface area (Å²) < 4.78 is 0. The van der Waals surface area contributed by atoms with E-state index in [9.17, 15) is 4.79 Å². The second-order valence-electron chi connectivity index (χ2n) is 6.25. The summed E-state index contributed by atoms with van der Waals surface area (Å²) in [6.07, 6.45) is 6.81. The van der Waals surface area contributed by atoms with Gasteiger partial charge in [0.25, 0.3) is 0 Å². The van der Waals surface area contributed by atoms with Crippen molar-refractivity contribution < 1.29 is 4.79 Å². The second kappa shape index (κ2) is 4.60. The van der Waals surface area contributed by atoms with Crippen LogP contribution in [0.1, 0.15) is 39.0 Å². The van der Waals surface area contributed by atoms with Gasteiger partial charge in [-0.3, -0.25) is 4.79 Å². The molecule has 0 radical (unpaired) electrons. The fraction of sp³-hybridized carbons (Fsp3) is 0.929. The van der Waals surface area contributed by atoms with E-state index in [0.29, 0.717) is 5.91 Å². The molecule has 0 aromatic rings. The Labute approximate surface area is 104 Å². The molecule has 4 unspecified atom stereocenters. The maximum atomic E-state index is 12.2. The molecule has 2 bridgehead atoms. The first kappa shape index (κ1) is 11.5. The van der Waals surface area contributed by atoms with Crippen molar-refractivity contribution in [2.24, 2.45) is 17.8 Å². The molecule has 4 atom stereocenters. The van der Waals surface area contributed by atoms with E-state index in [1.54, 1.807) is 0 Å². The minimum Gasteiger partial charge on any atom is -0.341 e. The van der Waals surface area contributed by atoms with Gasteiger partial charge in [0.1, 0.15) is 0 Å². The molecule has 1 saturated heterocycles. The maximum Gasteiger partial charge on any atom is 0.239 e. The highest BCUT2D eigenvalue weighted by Crippen LogP contribution is 2.48. The Balaban J connectivity index is 1.61. The van der Waals surface area contributed by atoms with E-state index >= 15 is 0 Å². The van der Waals surface area contributed by atoms with Gasteiger partial charge in [0.15, 0.2) is 0 Å². The Morgan fingerprint density at radius 2 is 2.24 bits per heavy atom. The Morgan fingerprint density at radius 1 is 1.35 bits per heavy atom. The number of carbonyl (C=O) groups is 1. The van der Waals surface area contributed by atoms with Crippen molar-refractivity contribution >= 4 is 5.91 Å². The lowest BCUT2D eigenvalue weighted by molar-refractivity contribution is -0.133. The molecule has 0 aromatic heterocycles. The summed E-state index contributed by atoms with van der Waals surface area (Å²) >= 11 is 0. The summed E-state index contributed by atoms with van der Waals surface area (Å²) in [6.45, 7) is 4.98. The largest absolute Gasteiger partial charge is 0.341 e. The molecular formula is C14H24N2O. The molecule has 17 heavy (non-hydrogen) atoms. The first-order valence-corrected chi connectivity index (χ1v) is 7.26. The van der Waals surface area contributed by atoms with Gasteiger partial charge >= 0.3 is 0 Å². The van der Waals surface area contributed by atoms with Gasteiger partial charge in [0.2, 0.25) is 5.91 Å². The summed E-state index contributed by atoms with van der Waals surface area (Å²) in [5.74, 6) is 3.05. The van der Waals surface area contributed by atoms with Crippen LogP contribution in [0, 0.1) is 17.8 Å². The molecule has 3 heteroatoms. The van der Waals surface area contributed by atoms with Gasteiger partial charge in [0, 0.05) is 13.1 Å². The highest BCUT2D eigenvalue weighted by molar-refractivity contribution is 5.81. The van der Waals surface area contributed by atoms with E-state index in [0.717, 1.165) is 43.8 Å². The molecule has 2 aliphatic carbocycles. The molecule has 96 valence electrons. The van der Waals surface area contributed by atoms with Crippen molar-refractivity contribution in [3.8, 4) is 0 Å². The van der Waals surface area contributed by atoms with Crippen molar-refractivity contribution in [3.05, 3.63) is 0 Å². The lowest BCUT2D eigenvalue weighted by Gasteiger charge is -2.30. The fourth-order valence-electron chi connectivity index (χ4n) is 4.12. The Morgan fingerprint density at radius 3 is 2.94 bits per heavy atom. The number of nitrogens with one attached hydrogen (secondary N) is 1. The molecule has 1 heterocycles. The van der Waals surface area contributed by atoms with Crippen LogP contribution in [-0.2, 0) is 4.79 Å². The van der Waals surface area contributed by atoms with Crippen molar-refractivity contribution in [1.82, 2.24) is 10.2 Å². The van der Waals surface area contributed by atoms with Crippen LogP contribution < -0.4 is 5.32 Å². The monoisotopic (exact) mass is 236 g/mol. The Kier molecular flexibility index (Phi) is 3.12. The molecule has 2 saturated carbocycles. The lowest BCUT2D eigenvalue weighted by atomic mass is 9.88. The average molecular weight is 236 g/mol. The van der Waals surface area contributed by atoms with Crippen LogP contribution in [0.25, 0.3) is 0 Å². The first-order valence-electron chi connectivity index (χ1n) is 7.26. The van der Waals surface area contributed by atoms with E-state index in [1.807, 2.05) is 6.92 Å². The van der Waals surface area contributed by atoms with Crippen molar-refractivity contribution in [3.63, 3.8) is 0 Å². The standard InChI is InChI=1S/C14H24N2O/c1-10-14(17)16(6-2-5-15-10)9-13-8-11-3-4-12(13)7-11/h10-13,15H,2-9H2,1H3. The zero-order valence-corrected chi connectivity index (χ0v) is 10.8. The van der Waals surface area contributed by atoms with E-state index in [1.165, 1.54) is 25.7 Å². The van der Waals surface area contributed by atoms with Crippen LogP contribution in [0.4, 0.5) is 0 Å².